The van der Waals surface area contributed by atoms with Gasteiger partial charge in [-0.1, -0.05) is 22.9 Å². The molecule has 0 saturated heterocycles. The number of fused-ring (bicyclic) bond motifs is 1. The fourth-order valence-electron chi connectivity index (χ4n) is 2.87. The molecule has 3 rings (SSSR count). The third-order valence-electron chi connectivity index (χ3n) is 4.14. The van der Waals surface area contributed by atoms with Gasteiger partial charge in [-0.3, -0.25) is 19.7 Å². The predicted molar refractivity (Wildman–Crippen MR) is 116 cm³/mol. The zero-order valence-electron chi connectivity index (χ0n) is 16.7. The third kappa shape index (κ3) is 5.09. The average Bonchev–Trinajstić information content (AvgIpc) is 3.04. The summed E-state index contributed by atoms with van der Waals surface area (Å²) in [5.74, 6) is -0.718. The van der Waals surface area contributed by atoms with Gasteiger partial charge in [0, 0.05) is 11.1 Å². The lowest BCUT2D eigenvalue weighted by atomic mass is 10.2. The van der Waals surface area contributed by atoms with Crippen molar-refractivity contribution in [3.05, 3.63) is 61.9 Å². The van der Waals surface area contributed by atoms with Crippen LogP contribution in [0.2, 0.25) is 5.02 Å². The summed E-state index contributed by atoms with van der Waals surface area (Å²) < 4.78 is 12.8. The Balaban J connectivity index is 2.16. The summed E-state index contributed by atoms with van der Waals surface area (Å²) in [5.41, 5.74) is -0.00358. The molecule has 0 N–H and O–H groups in total. The molecule has 0 unspecified atom stereocenters. The molecule has 0 aliphatic rings. The molecule has 1 amide bonds. The molecule has 0 atom stereocenters. The first kappa shape index (κ1) is 22.4. The Morgan fingerprint density at radius 1 is 1.19 bits per heavy atom. The van der Waals surface area contributed by atoms with E-state index in [-0.39, 0.29) is 28.5 Å². The van der Waals surface area contributed by atoms with Gasteiger partial charge < -0.3 is 14.0 Å². The van der Waals surface area contributed by atoms with Crippen LogP contribution in [-0.2, 0) is 16.1 Å². The van der Waals surface area contributed by atoms with Crippen molar-refractivity contribution in [1.29, 1.82) is 0 Å². The molecular formula is C20H18ClN3O6S. The number of carbonyl (C=O) groups excluding carboxylic acids is 2. The number of thiazole rings is 1. The molecule has 1 heterocycles. The molecule has 31 heavy (non-hydrogen) atoms. The maximum absolute atomic E-state index is 12.8. The van der Waals surface area contributed by atoms with E-state index in [1.54, 1.807) is 25.1 Å². The maximum Gasteiger partial charge on any atom is 0.326 e. The van der Waals surface area contributed by atoms with Gasteiger partial charge in [-0.05, 0) is 44.2 Å². The van der Waals surface area contributed by atoms with E-state index in [9.17, 15) is 19.7 Å². The number of halogens is 1. The second-order valence-electron chi connectivity index (χ2n) is 6.17. The summed E-state index contributed by atoms with van der Waals surface area (Å²) in [6.07, 6.45) is 0. The fraction of sp³-hybridized carbons (Fsp3) is 0.250. The molecule has 0 fully saturated rings. The second-order valence-corrected chi connectivity index (χ2v) is 7.62. The van der Waals surface area contributed by atoms with Crippen molar-refractivity contribution >= 4 is 50.7 Å². The van der Waals surface area contributed by atoms with Crippen molar-refractivity contribution in [1.82, 2.24) is 4.57 Å². The largest absolute Gasteiger partial charge is 0.494 e. The highest BCUT2D eigenvalue weighted by atomic mass is 35.5. The van der Waals surface area contributed by atoms with Crippen molar-refractivity contribution in [2.45, 2.75) is 20.4 Å². The minimum Gasteiger partial charge on any atom is -0.494 e. The highest BCUT2D eigenvalue weighted by Gasteiger charge is 2.21. The molecule has 0 aliphatic carbocycles. The van der Waals surface area contributed by atoms with E-state index in [1.807, 2.05) is 6.92 Å². The van der Waals surface area contributed by atoms with Crippen LogP contribution >= 0.6 is 22.9 Å². The first-order chi connectivity index (χ1) is 14.8. The number of nitro groups is 1. The van der Waals surface area contributed by atoms with Gasteiger partial charge in [0.05, 0.1) is 28.4 Å². The smallest absolute Gasteiger partial charge is 0.326 e. The number of benzene rings is 2. The first-order valence-corrected chi connectivity index (χ1v) is 10.5. The molecule has 3 aromatic rings. The summed E-state index contributed by atoms with van der Waals surface area (Å²) in [6, 6.07) is 8.94. The lowest BCUT2D eigenvalue weighted by Crippen LogP contribution is -2.23. The van der Waals surface area contributed by atoms with Gasteiger partial charge in [0.2, 0.25) is 0 Å². The fourth-order valence-corrected chi connectivity index (χ4v) is 4.10. The van der Waals surface area contributed by atoms with E-state index >= 15 is 0 Å². The van der Waals surface area contributed by atoms with Gasteiger partial charge in [0.15, 0.2) is 4.80 Å². The van der Waals surface area contributed by atoms with E-state index < -0.39 is 22.5 Å². The van der Waals surface area contributed by atoms with Crippen LogP contribution in [0.15, 0.2) is 41.4 Å². The third-order valence-corrected chi connectivity index (χ3v) is 5.42. The number of ether oxygens (including phenoxy) is 2. The molecule has 11 heteroatoms. The number of hydrogen-bond donors (Lipinski definition) is 0. The van der Waals surface area contributed by atoms with Gasteiger partial charge in [-0.25, -0.2) is 0 Å². The van der Waals surface area contributed by atoms with E-state index in [4.69, 9.17) is 21.1 Å². The molecular weight excluding hydrogens is 446 g/mol. The Labute approximate surface area is 185 Å². The molecule has 0 bridgehead atoms. The Hall–Kier alpha value is -3.24. The Kier molecular flexibility index (Phi) is 7.03. The number of carbonyl (C=O) groups is 2. The van der Waals surface area contributed by atoms with Crippen LogP contribution in [-0.4, -0.2) is 34.6 Å². The summed E-state index contributed by atoms with van der Waals surface area (Å²) in [4.78, 5) is 39.8. The number of rotatable bonds is 7. The van der Waals surface area contributed by atoms with E-state index in [1.165, 1.54) is 16.7 Å². The summed E-state index contributed by atoms with van der Waals surface area (Å²) in [6.45, 7) is 4.06. The summed E-state index contributed by atoms with van der Waals surface area (Å²) in [5, 5.41) is 11.5. The summed E-state index contributed by atoms with van der Waals surface area (Å²) >= 11 is 7.07. The van der Waals surface area contributed by atoms with Crippen molar-refractivity contribution in [3.8, 4) is 5.75 Å². The van der Waals surface area contributed by atoms with Crippen LogP contribution in [0.1, 0.15) is 24.2 Å². The van der Waals surface area contributed by atoms with Crippen LogP contribution in [0.3, 0.4) is 0 Å². The van der Waals surface area contributed by atoms with Crippen LogP contribution in [0.25, 0.3) is 10.2 Å². The summed E-state index contributed by atoms with van der Waals surface area (Å²) in [7, 11) is 0. The lowest BCUT2D eigenvalue weighted by molar-refractivity contribution is -0.385. The molecule has 162 valence electrons. The highest BCUT2D eigenvalue weighted by Crippen LogP contribution is 2.25. The minimum atomic E-state index is -0.844. The number of nitro benzene ring substituents is 1. The number of esters is 1. The maximum atomic E-state index is 12.8. The number of aromatic nitrogens is 1. The van der Waals surface area contributed by atoms with Crippen LogP contribution in [0.4, 0.5) is 5.69 Å². The van der Waals surface area contributed by atoms with Crippen LogP contribution in [0.5, 0.6) is 5.75 Å². The van der Waals surface area contributed by atoms with Gasteiger partial charge in [0.25, 0.3) is 11.6 Å². The first-order valence-electron chi connectivity index (χ1n) is 9.28. The van der Waals surface area contributed by atoms with E-state index in [0.29, 0.717) is 17.9 Å². The standard InChI is InChI=1S/C20H18ClN3O6S/c1-3-29-13-6-8-16-17(10-13)31-20(23(16)11-18(25)30-4-2)22-19(26)14-9-12(21)5-7-15(14)24(27)28/h5-10H,3-4,11H2,1-2H3. The molecule has 0 radical (unpaired) electrons. The SMILES string of the molecule is CCOC(=O)Cn1c(=NC(=O)c2cc(Cl)ccc2[N+](=O)[O-])sc2cc(OCC)ccc21. The van der Waals surface area contributed by atoms with Gasteiger partial charge in [-0.2, -0.15) is 4.99 Å². The second kappa shape index (κ2) is 9.71. The van der Waals surface area contributed by atoms with Gasteiger partial charge in [0.1, 0.15) is 17.9 Å². The molecule has 0 aliphatic heterocycles. The highest BCUT2D eigenvalue weighted by molar-refractivity contribution is 7.16. The van der Waals surface area contributed by atoms with Crippen molar-refractivity contribution in [3.63, 3.8) is 0 Å². The van der Waals surface area contributed by atoms with E-state index in [2.05, 4.69) is 4.99 Å². The molecule has 1 aromatic heterocycles. The molecule has 9 nitrogen and oxygen atoms in total. The predicted octanol–water partition coefficient (Wildman–Crippen LogP) is 3.97. The Morgan fingerprint density at radius 3 is 2.65 bits per heavy atom. The number of nitrogens with zero attached hydrogens (tertiary/aromatic N) is 3. The van der Waals surface area contributed by atoms with Gasteiger partial charge in [-0.15, -0.1) is 0 Å². The zero-order chi connectivity index (χ0) is 22.5. The molecule has 0 spiro atoms. The Bertz CT molecular complexity index is 1230. The monoisotopic (exact) mass is 463 g/mol. The van der Waals surface area contributed by atoms with Gasteiger partial charge >= 0.3 is 5.97 Å². The lowest BCUT2D eigenvalue weighted by Gasteiger charge is -2.06. The van der Waals surface area contributed by atoms with Crippen molar-refractivity contribution in [2.75, 3.05) is 13.2 Å². The van der Waals surface area contributed by atoms with E-state index in [0.717, 1.165) is 22.1 Å². The van der Waals surface area contributed by atoms with Crippen LogP contribution < -0.4 is 9.54 Å². The number of amides is 1. The molecule has 2 aromatic carbocycles. The minimum absolute atomic E-state index is 0.168. The average molecular weight is 464 g/mol. The zero-order valence-corrected chi connectivity index (χ0v) is 18.2. The van der Waals surface area contributed by atoms with Crippen molar-refractivity contribution in [2.24, 2.45) is 4.99 Å². The van der Waals surface area contributed by atoms with Crippen molar-refractivity contribution < 1.29 is 24.0 Å². The normalized spacial score (nSPS) is 11.5. The molecule has 0 saturated carbocycles. The topological polar surface area (TPSA) is 113 Å². The van der Waals surface area contributed by atoms with Crippen LogP contribution in [0, 0.1) is 10.1 Å². The number of hydrogen-bond acceptors (Lipinski definition) is 7. The quantitative estimate of drug-likeness (QED) is 0.297. The Morgan fingerprint density at radius 2 is 1.97 bits per heavy atom.